The lowest BCUT2D eigenvalue weighted by atomic mass is 10.1. The molecule has 0 fully saturated rings. The summed E-state index contributed by atoms with van der Waals surface area (Å²) in [5, 5.41) is 10.1. The van der Waals surface area contributed by atoms with Crippen LogP contribution in [0.4, 0.5) is 17.1 Å². The first-order valence-corrected chi connectivity index (χ1v) is 9.29. The smallest absolute Gasteiger partial charge is 0.265 e. The number of carbonyl (C=O) groups is 3. The van der Waals surface area contributed by atoms with Gasteiger partial charge in [0.25, 0.3) is 17.7 Å². The number of thiophene rings is 1. The van der Waals surface area contributed by atoms with Crippen molar-refractivity contribution in [3.63, 3.8) is 0 Å². The molecule has 2 aromatic carbocycles. The first-order valence-electron chi connectivity index (χ1n) is 8.41. The van der Waals surface area contributed by atoms with E-state index in [1.165, 1.54) is 11.3 Å². The molecule has 2 heterocycles. The molecule has 0 atom stereocenters. The third-order valence-electron chi connectivity index (χ3n) is 4.00. The lowest BCUT2D eigenvalue weighted by Crippen LogP contribution is -2.25. The van der Waals surface area contributed by atoms with Crippen LogP contribution in [-0.4, -0.2) is 24.3 Å². The zero-order valence-electron chi connectivity index (χ0n) is 14.5. The number of anilines is 3. The van der Waals surface area contributed by atoms with Crippen LogP contribution in [0.3, 0.4) is 0 Å². The Balaban J connectivity index is 1.46. The van der Waals surface area contributed by atoms with Gasteiger partial charge in [0.05, 0.1) is 10.6 Å². The Bertz CT molecular complexity index is 1060. The Hall–Kier alpha value is -3.65. The van der Waals surface area contributed by atoms with Crippen LogP contribution in [0.15, 0.2) is 60.0 Å². The van der Waals surface area contributed by atoms with E-state index in [1.807, 2.05) is 11.4 Å². The van der Waals surface area contributed by atoms with E-state index in [-0.39, 0.29) is 24.3 Å². The summed E-state index contributed by atoms with van der Waals surface area (Å²) in [6.07, 6.45) is 0. The lowest BCUT2D eigenvalue weighted by Gasteiger charge is -2.18. The van der Waals surface area contributed by atoms with Gasteiger partial charge in [-0.05, 0) is 47.8 Å². The molecule has 0 bridgehead atoms. The summed E-state index contributed by atoms with van der Waals surface area (Å²) in [6.45, 7) is -0.0793. The molecule has 0 radical (unpaired) electrons. The molecule has 3 amide bonds. The molecule has 0 aliphatic carbocycles. The summed E-state index contributed by atoms with van der Waals surface area (Å²) in [6, 6.07) is 15.3. The lowest BCUT2D eigenvalue weighted by molar-refractivity contribution is -0.118. The second-order valence-corrected chi connectivity index (χ2v) is 6.96. The number of amides is 3. The molecule has 1 aromatic heterocycles. The van der Waals surface area contributed by atoms with Crippen LogP contribution in [0, 0.1) is 0 Å². The van der Waals surface area contributed by atoms with Crippen LogP contribution in [0.5, 0.6) is 5.75 Å². The predicted molar refractivity (Wildman–Crippen MR) is 107 cm³/mol. The van der Waals surface area contributed by atoms with Crippen molar-refractivity contribution in [2.45, 2.75) is 0 Å². The SMILES string of the molecule is O=C1COc2cc(C(=O)Nc3cccc(NC(=O)c4cccs4)c3)ccc2N1. The van der Waals surface area contributed by atoms with Crippen molar-refractivity contribution in [3.05, 3.63) is 70.4 Å². The minimum absolute atomic E-state index is 0.0793. The van der Waals surface area contributed by atoms with Crippen LogP contribution in [0.1, 0.15) is 20.0 Å². The number of rotatable bonds is 4. The normalized spacial score (nSPS) is 12.4. The molecule has 140 valence electrons. The highest BCUT2D eigenvalue weighted by atomic mass is 32.1. The summed E-state index contributed by atoms with van der Waals surface area (Å²) < 4.78 is 5.34. The van der Waals surface area contributed by atoms with Gasteiger partial charge in [0.2, 0.25) is 0 Å². The fourth-order valence-corrected chi connectivity index (χ4v) is 3.31. The molecular formula is C20H15N3O4S. The summed E-state index contributed by atoms with van der Waals surface area (Å²) in [7, 11) is 0. The quantitative estimate of drug-likeness (QED) is 0.631. The van der Waals surface area contributed by atoms with Crippen LogP contribution < -0.4 is 20.7 Å². The van der Waals surface area contributed by atoms with Crippen LogP contribution in [0.25, 0.3) is 0 Å². The van der Waals surface area contributed by atoms with Gasteiger partial charge in [-0.25, -0.2) is 0 Å². The summed E-state index contributed by atoms with van der Waals surface area (Å²) >= 11 is 1.35. The van der Waals surface area contributed by atoms with Crippen molar-refractivity contribution >= 4 is 46.1 Å². The van der Waals surface area contributed by atoms with Gasteiger partial charge in [-0.1, -0.05) is 12.1 Å². The molecule has 7 nitrogen and oxygen atoms in total. The van der Waals surface area contributed by atoms with Crippen molar-refractivity contribution in [3.8, 4) is 5.75 Å². The number of carbonyl (C=O) groups excluding carboxylic acids is 3. The van der Waals surface area contributed by atoms with Crippen molar-refractivity contribution < 1.29 is 19.1 Å². The average Bonchev–Trinajstić information content (AvgIpc) is 3.23. The van der Waals surface area contributed by atoms with E-state index >= 15 is 0 Å². The third kappa shape index (κ3) is 3.86. The molecule has 1 aliphatic heterocycles. The third-order valence-corrected chi connectivity index (χ3v) is 4.87. The number of fused-ring (bicyclic) bond motifs is 1. The van der Waals surface area contributed by atoms with E-state index in [0.29, 0.717) is 33.3 Å². The fraction of sp³-hybridized carbons (Fsp3) is 0.0500. The van der Waals surface area contributed by atoms with Gasteiger partial charge in [-0.3, -0.25) is 14.4 Å². The summed E-state index contributed by atoms with van der Waals surface area (Å²) in [4.78, 5) is 36.6. The Kier molecular flexibility index (Phi) is 4.77. The largest absolute Gasteiger partial charge is 0.482 e. The first kappa shape index (κ1) is 17.7. The molecule has 1 aliphatic rings. The number of hydrogen-bond donors (Lipinski definition) is 3. The predicted octanol–water partition coefficient (Wildman–Crippen LogP) is 3.58. The van der Waals surface area contributed by atoms with E-state index in [1.54, 1.807) is 48.5 Å². The van der Waals surface area contributed by atoms with Gasteiger partial charge in [-0.15, -0.1) is 11.3 Å². The van der Waals surface area contributed by atoms with E-state index in [9.17, 15) is 14.4 Å². The van der Waals surface area contributed by atoms with Gasteiger partial charge in [0.1, 0.15) is 5.75 Å². The zero-order chi connectivity index (χ0) is 19.5. The van der Waals surface area contributed by atoms with Crippen molar-refractivity contribution in [1.82, 2.24) is 0 Å². The van der Waals surface area contributed by atoms with Gasteiger partial charge in [-0.2, -0.15) is 0 Å². The molecule has 8 heteroatoms. The van der Waals surface area contributed by atoms with Crippen molar-refractivity contribution in [1.29, 1.82) is 0 Å². The van der Waals surface area contributed by atoms with Crippen molar-refractivity contribution in [2.24, 2.45) is 0 Å². The van der Waals surface area contributed by atoms with Crippen LogP contribution in [0.2, 0.25) is 0 Å². The minimum atomic E-state index is -0.329. The second kappa shape index (κ2) is 7.53. The van der Waals surface area contributed by atoms with E-state index < -0.39 is 0 Å². The molecule has 4 rings (SSSR count). The monoisotopic (exact) mass is 393 g/mol. The Morgan fingerprint density at radius 3 is 2.50 bits per heavy atom. The van der Waals surface area contributed by atoms with Gasteiger partial charge in [0, 0.05) is 16.9 Å². The number of hydrogen-bond acceptors (Lipinski definition) is 5. The maximum absolute atomic E-state index is 12.5. The molecule has 0 spiro atoms. The first-order chi connectivity index (χ1) is 13.6. The molecule has 28 heavy (non-hydrogen) atoms. The maximum Gasteiger partial charge on any atom is 0.265 e. The van der Waals surface area contributed by atoms with Crippen LogP contribution >= 0.6 is 11.3 Å². The molecule has 3 N–H and O–H groups in total. The molecule has 0 unspecified atom stereocenters. The highest BCUT2D eigenvalue weighted by Gasteiger charge is 2.18. The molecule has 0 saturated carbocycles. The minimum Gasteiger partial charge on any atom is -0.482 e. The van der Waals surface area contributed by atoms with Crippen LogP contribution in [-0.2, 0) is 4.79 Å². The van der Waals surface area contributed by atoms with Gasteiger partial charge >= 0.3 is 0 Å². The Morgan fingerprint density at radius 2 is 1.75 bits per heavy atom. The van der Waals surface area contributed by atoms with E-state index in [2.05, 4.69) is 16.0 Å². The van der Waals surface area contributed by atoms with E-state index in [0.717, 1.165) is 0 Å². The number of benzene rings is 2. The Labute approximate surface area is 164 Å². The highest BCUT2D eigenvalue weighted by molar-refractivity contribution is 7.12. The summed E-state index contributed by atoms with van der Waals surface area (Å²) in [5.74, 6) is -0.312. The Morgan fingerprint density at radius 1 is 0.964 bits per heavy atom. The maximum atomic E-state index is 12.5. The van der Waals surface area contributed by atoms with Gasteiger partial charge in [0.15, 0.2) is 6.61 Å². The van der Waals surface area contributed by atoms with Crippen molar-refractivity contribution in [2.75, 3.05) is 22.6 Å². The topological polar surface area (TPSA) is 96.5 Å². The standard InChI is InChI=1S/C20H15N3O4S/c24-18-11-27-16-9-12(6-7-15(16)23-18)19(25)21-13-3-1-4-14(10-13)22-20(26)17-5-2-8-28-17/h1-10H,11H2,(H,21,25)(H,22,26)(H,23,24). The molecule has 0 saturated heterocycles. The molecular weight excluding hydrogens is 378 g/mol. The fourth-order valence-electron chi connectivity index (χ4n) is 2.69. The summed E-state index contributed by atoms with van der Waals surface area (Å²) in [5.41, 5.74) is 2.04. The highest BCUT2D eigenvalue weighted by Crippen LogP contribution is 2.29. The zero-order valence-corrected chi connectivity index (χ0v) is 15.3. The average molecular weight is 393 g/mol. The van der Waals surface area contributed by atoms with E-state index in [4.69, 9.17) is 4.74 Å². The molecule has 3 aromatic rings. The number of ether oxygens (including phenoxy) is 1. The second-order valence-electron chi connectivity index (χ2n) is 6.01. The van der Waals surface area contributed by atoms with Gasteiger partial charge < -0.3 is 20.7 Å². The number of nitrogens with one attached hydrogen (secondary N) is 3.